The Labute approximate surface area is 141 Å². The summed E-state index contributed by atoms with van der Waals surface area (Å²) in [5.74, 6) is -2.10. The second-order valence-corrected chi connectivity index (χ2v) is 6.02. The van der Waals surface area contributed by atoms with Crippen LogP contribution in [0.25, 0.3) is 0 Å². The molecule has 0 spiro atoms. The molecular weight excluding hydrogens is 308 g/mol. The van der Waals surface area contributed by atoms with E-state index in [1.165, 1.54) is 0 Å². The minimum absolute atomic E-state index is 0.00523. The molecule has 6 nitrogen and oxygen atoms in total. The highest BCUT2D eigenvalue weighted by Crippen LogP contribution is 2.34. The smallest absolute Gasteiger partial charge is 0.307 e. The molecular formula is C18H24N2O4. The van der Waals surface area contributed by atoms with Gasteiger partial charge < -0.3 is 15.3 Å². The first kappa shape index (κ1) is 18.0. The first-order valence-corrected chi connectivity index (χ1v) is 8.36. The molecule has 2 amide bonds. The highest BCUT2D eigenvalue weighted by molar-refractivity contribution is 5.94. The molecule has 6 heteroatoms. The fourth-order valence-corrected chi connectivity index (χ4v) is 2.89. The number of benzene rings is 1. The van der Waals surface area contributed by atoms with E-state index in [9.17, 15) is 14.4 Å². The van der Waals surface area contributed by atoms with Crippen molar-refractivity contribution in [3.8, 4) is 0 Å². The van der Waals surface area contributed by atoms with Crippen molar-refractivity contribution in [2.45, 2.75) is 33.2 Å². The molecule has 0 aromatic heterocycles. The van der Waals surface area contributed by atoms with Gasteiger partial charge in [-0.3, -0.25) is 14.4 Å². The Kier molecular flexibility index (Phi) is 5.95. The van der Waals surface area contributed by atoms with Crippen molar-refractivity contribution < 1.29 is 19.5 Å². The molecule has 1 aromatic carbocycles. The third kappa shape index (κ3) is 3.93. The van der Waals surface area contributed by atoms with E-state index in [4.69, 9.17) is 5.11 Å². The SMILES string of the molecule is CCN(CC)C(=O)c1ccc(CNC(=O)C2CCC2C(=O)O)cc1. The number of aliphatic carboxylic acids is 1. The summed E-state index contributed by atoms with van der Waals surface area (Å²) in [5, 5.41) is 11.8. The lowest BCUT2D eigenvalue weighted by molar-refractivity contribution is -0.152. The van der Waals surface area contributed by atoms with Crippen molar-refractivity contribution in [1.82, 2.24) is 10.2 Å². The normalized spacial score (nSPS) is 19.2. The third-order valence-electron chi connectivity index (χ3n) is 4.65. The van der Waals surface area contributed by atoms with Crippen LogP contribution in [0, 0.1) is 11.8 Å². The van der Waals surface area contributed by atoms with E-state index >= 15 is 0 Å². The number of carbonyl (C=O) groups excluding carboxylic acids is 2. The number of carbonyl (C=O) groups is 3. The van der Waals surface area contributed by atoms with Crippen LogP contribution in [-0.2, 0) is 16.1 Å². The van der Waals surface area contributed by atoms with Gasteiger partial charge in [0.25, 0.3) is 5.91 Å². The zero-order chi connectivity index (χ0) is 17.7. The topological polar surface area (TPSA) is 86.7 Å². The molecule has 0 radical (unpaired) electrons. The van der Waals surface area contributed by atoms with Crippen molar-refractivity contribution in [2.75, 3.05) is 13.1 Å². The Morgan fingerprint density at radius 2 is 1.67 bits per heavy atom. The highest BCUT2D eigenvalue weighted by atomic mass is 16.4. The summed E-state index contributed by atoms with van der Waals surface area (Å²) >= 11 is 0. The van der Waals surface area contributed by atoms with Crippen LogP contribution in [0.1, 0.15) is 42.6 Å². The maximum atomic E-state index is 12.2. The first-order chi connectivity index (χ1) is 11.5. The summed E-state index contributed by atoms with van der Waals surface area (Å²) in [6.45, 7) is 5.55. The minimum atomic E-state index is -0.902. The van der Waals surface area contributed by atoms with Gasteiger partial charge in [0.2, 0.25) is 5.91 Å². The fraction of sp³-hybridized carbons (Fsp3) is 0.500. The van der Waals surface area contributed by atoms with Crippen LogP contribution in [-0.4, -0.2) is 40.9 Å². The number of rotatable bonds is 7. The number of carboxylic acid groups (broad SMARTS) is 1. The van der Waals surface area contributed by atoms with Gasteiger partial charge in [-0.2, -0.15) is 0 Å². The molecule has 130 valence electrons. The molecule has 0 saturated heterocycles. The van der Waals surface area contributed by atoms with Crippen LogP contribution in [0.2, 0.25) is 0 Å². The van der Waals surface area contributed by atoms with E-state index in [1.54, 1.807) is 17.0 Å². The number of carboxylic acids is 1. The minimum Gasteiger partial charge on any atom is -0.481 e. The average Bonchev–Trinajstić information content (AvgIpc) is 2.53. The van der Waals surface area contributed by atoms with E-state index in [-0.39, 0.29) is 11.8 Å². The predicted molar refractivity (Wildman–Crippen MR) is 89.4 cm³/mol. The summed E-state index contributed by atoms with van der Waals surface area (Å²) in [5.41, 5.74) is 1.50. The number of hydrogen-bond donors (Lipinski definition) is 2. The lowest BCUT2D eigenvalue weighted by Crippen LogP contribution is -2.43. The lowest BCUT2D eigenvalue weighted by atomic mass is 9.73. The zero-order valence-electron chi connectivity index (χ0n) is 14.1. The quantitative estimate of drug-likeness (QED) is 0.798. The monoisotopic (exact) mass is 332 g/mol. The molecule has 1 fully saturated rings. The van der Waals surface area contributed by atoms with Gasteiger partial charge in [-0.05, 0) is 44.4 Å². The molecule has 0 bridgehead atoms. The van der Waals surface area contributed by atoms with Gasteiger partial charge >= 0.3 is 5.97 Å². The van der Waals surface area contributed by atoms with Gasteiger partial charge in [0.1, 0.15) is 0 Å². The standard InChI is InChI=1S/C18H24N2O4/c1-3-20(4-2)17(22)13-7-5-12(6-8-13)11-19-16(21)14-9-10-15(14)18(23)24/h5-8,14-15H,3-4,9-11H2,1-2H3,(H,19,21)(H,23,24). The molecule has 0 heterocycles. The van der Waals surface area contributed by atoms with Crippen LogP contribution >= 0.6 is 0 Å². The largest absolute Gasteiger partial charge is 0.481 e. The van der Waals surface area contributed by atoms with Gasteiger partial charge in [0.15, 0.2) is 0 Å². The second-order valence-electron chi connectivity index (χ2n) is 6.02. The van der Waals surface area contributed by atoms with Crippen LogP contribution in [0.5, 0.6) is 0 Å². The van der Waals surface area contributed by atoms with Gasteiger partial charge in [0, 0.05) is 25.2 Å². The van der Waals surface area contributed by atoms with E-state index in [1.807, 2.05) is 26.0 Å². The number of hydrogen-bond acceptors (Lipinski definition) is 3. The maximum absolute atomic E-state index is 12.2. The molecule has 2 N–H and O–H groups in total. The van der Waals surface area contributed by atoms with Gasteiger partial charge in [0.05, 0.1) is 11.8 Å². The Balaban J connectivity index is 1.89. The summed E-state index contributed by atoms with van der Waals surface area (Å²) in [6, 6.07) is 7.13. The van der Waals surface area contributed by atoms with Gasteiger partial charge in [-0.1, -0.05) is 12.1 Å². The predicted octanol–water partition coefficient (Wildman–Crippen LogP) is 1.90. The van der Waals surface area contributed by atoms with E-state index in [0.717, 1.165) is 5.56 Å². The molecule has 2 unspecified atom stereocenters. The molecule has 1 aliphatic rings. The number of amides is 2. The van der Waals surface area contributed by atoms with Crippen molar-refractivity contribution in [2.24, 2.45) is 11.8 Å². The van der Waals surface area contributed by atoms with Gasteiger partial charge in [-0.15, -0.1) is 0 Å². The zero-order valence-corrected chi connectivity index (χ0v) is 14.1. The van der Waals surface area contributed by atoms with Crippen LogP contribution in [0.15, 0.2) is 24.3 Å². The average molecular weight is 332 g/mol. The van der Waals surface area contributed by atoms with E-state index in [0.29, 0.717) is 38.0 Å². The second kappa shape index (κ2) is 7.95. The van der Waals surface area contributed by atoms with Crippen molar-refractivity contribution in [1.29, 1.82) is 0 Å². The number of nitrogens with one attached hydrogen (secondary N) is 1. The Morgan fingerprint density at radius 1 is 1.08 bits per heavy atom. The molecule has 1 saturated carbocycles. The molecule has 0 aliphatic heterocycles. The molecule has 2 atom stereocenters. The lowest BCUT2D eigenvalue weighted by Gasteiger charge is -2.31. The molecule has 24 heavy (non-hydrogen) atoms. The van der Waals surface area contributed by atoms with E-state index in [2.05, 4.69) is 5.32 Å². The molecule has 1 aliphatic carbocycles. The van der Waals surface area contributed by atoms with Gasteiger partial charge in [-0.25, -0.2) is 0 Å². The summed E-state index contributed by atoms with van der Waals surface area (Å²) < 4.78 is 0. The molecule has 1 aromatic rings. The van der Waals surface area contributed by atoms with Crippen LogP contribution < -0.4 is 5.32 Å². The fourth-order valence-electron chi connectivity index (χ4n) is 2.89. The highest BCUT2D eigenvalue weighted by Gasteiger charge is 2.41. The Bertz CT molecular complexity index is 608. The Hall–Kier alpha value is -2.37. The van der Waals surface area contributed by atoms with E-state index < -0.39 is 17.8 Å². The maximum Gasteiger partial charge on any atom is 0.307 e. The van der Waals surface area contributed by atoms with Crippen molar-refractivity contribution in [3.63, 3.8) is 0 Å². The van der Waals surface area contributed by atoms with Crippen molar-refractivity contribution >= 4 is 17.8 Å². The first-order valence-electron chi connectivity index (χ1n) is 8.36. The van der Waals surface area contributed by atoms with Crippen LogP contribution in [0.4, 0.5) is 0 Å². The van der Waals surface area contributed by atoms with Crippen LogP contribution in [0.3, 0.4) is 0 Å². The third-order valence-corrected chi connectivity index (χ3v) is 4.65. The summed E-state index contributed by atoms with van der Waals surface area (Å²) in [4.78, 5) is 37.0. The summed E-state index contributed by atoms with van der Waals surface area (Å²) in [6.07, 6.45) is 1.19. The summed E-state index contributed by atoms with van der Waals surface area (Å²) in [7, 11) is 0. The number of nitrogens with zero attached hydrogens (tertiary/aromatic N) is 1. The van der Waals surface area contributed by atoms with Crippen molar-refractivity contribution in [3.05, 3.63) is 35.4 Å². The Morgan fingerprint density at radius 3 is 2.12 bits per heavy atom. The molecule has 2 rings (SSSR count).